The first-order valence-corrected chi connectivity index (χ1v) is 11.8. The van der Waals surface area contributed by atoms with E-state index in [1.165, 1.54) is 12.1 Å². The Kier molecular flexibility index (Phi) is 8.28. The average molecular weight is 546 g/mol. The van der Waals surface area contributed by atoms with Gasteiger partial charge in [-0.15, -0.1) is 0 Å². The van der Waals surface area contributed by atoms with Crippen molar-refractivity contribution in [1.29, 1.82) is 0 Å². The van der Waals surface area contributed by atoms with Crippen LogP contribution in [0.15, 0.2) is 91.2 Å². The van der Waals surface area contributed by atoms with Crippen molar-refractivity contribution in [2.75, 3.05) is 0 Å². The van der Waals surface area contributed by atoms with E-state index in [2.05, 4.69) is 9.47 Å². The van der Waals surface area contributed by atoms with Crippen molar-refractivity contribution in [3.63, 3.8) is 0 Å². The van der Waals surface area contributed by atoms with E-state index in [1.54, 1.807) is 12.1 Å². The largest absolute Gasteiger partial charge is 0.456 e. The van der Waals surface area contributed by atoms with Gasteiger partial charge in [0, 0.05) is 11.6 Å². The Bertz CT molecular complexity index is 1490. The van der Waals surface area contributed by atoms with Crippen molar-refractivity contribution in [1.82, 2.24) is 0 Å². The number of halogens is 7. The summed E-state index contributed by atoms with van der Waals surface area (Å²) in [7, 11) is 0. The first-order chi connectivity index (χ1) is 18.6. The van der Waals surface area contributed by atoms with Gasteiger partial charge in [-0.3, -0.25) is 0 Å². The SMILES string of the molecule is CCCc1ccc(-c2ccc(C(F)(F)Oc3ccc(-c4ccc(OC=C(F)F)c(F)c4)c(F)c3)c(F)c2)cc1. The smallest absolute Gasteiger partial charge is 0.429 e. The molecule has 0 spiro atoms. The van der Waals surface area contributed by atoms with Gasteiger partial charge in [0.2, 0.25) is 0 Å². The van der Waals surface area contributed by atoms with Gasteiger partial charge in [0.05, 0.1) is 5.56 Å². The maximum atomic E-state index is 14.9. The summed E-state index contributed by atoms with van der Waals surface area (Å²) < 4.78 is 107. The quantitative estimate of drug-likeness (QED) is 0.154. The molecule has 202 valence electrons. The highest BCUT2D eigenvalue weighted by atomic mass is 19.3. The van der Waals surface area contributed by atoms with Crippen molar-refractivity contribution in [2.24, 2.45) is 0 Å². The third kappa shape index (κ3) is 6.60. The molecule has 0 aliphatic heterocycles. The Hall–Kier alpha value is -4.27. The molecule has 4 aromatic carbocycles. The molecule has 0 aromatic heterocycles. The molecule has 0 fully saturated rings. The van der Waals surface area contributed by atoms with E-state index in [4.69, 9.17) is 0 Å². The summed E-state index contributed by atoms with van der Waals surface area (Å²) >= 11 is 0. The van der Waals surface area contributed by atoms with Crippen molar-refractivity contribution in [2.45, 2.75) is 25.9 Å². The number of alkyl halides is 2. The molecule has 0 aliphatic rings. The Morgan fingerprint density at radius 3 is 2.03 bits per heavy atom. The summed E-state index contributed by atoms with van der Waals surface area (Å²) in [5.74, 6) is -4.40. The van der Waals surface area contributed by atoms with E-state index in [-0.39, 0.29) is 17.4 Å². The molecule has 2 nitrogen and oxygen atoms in total. The summed E-state index contributed by atoms with van der Waals surface area (Å²) in [6.45, 7) is 2.05. The predicted molar refractivity (Wildman–Crippen MR) is 133 cm³/mol. The van der Waals surface area contributed by atoms with Crippen molar-refractivity contribution in [3.05, 3.63) is 120 Å². The number of benzene rings is 4. The number of ether oxygens (including phenoxy) is 2. The summed E-state index contributed by atoms with van der Waals surface area (Å²) in [6, 6.07) is 16.3. The van der Waals surface area contributed by atoms with Gasteiger partial charge in [0.1, 0.15) is 17.4 Å². The zero-order valence-electron chi connectivity index (χ0n) is 20.5. The van der Waals surface area contributed by atoms with Crippen LogP contribution >= 0.6 is 0 Å². The highest BCUT2D eigenvalue weighted by Gasteiger charge is 2.38. The number of hydrogen-bond donors (Lipinski definition) is 0. The molecule has 0 aliphatic carbocycles. The fourth-order valence-corrected chi connectivity index (χ4v) is 3.95. The fourth-order valence-electron chi connectivity index (χ4n) is 3.95. The highest BCUT2D eigenvalue weighted by molar-refractivity contribution is 5.66. The molecular formula is C30H21F7O2. The van der Waals surface area contributed by atoms with Gasteiger partial charge in [0.25, 0.3) is 0 Å². The summed E-state index contributed by atoms with van der Waals surface area (Å²) in [6.07, 6.45) is -4.41. The van der Waals surface area contributed by atoms with Crippen LogP contribution in [0.3, 0.4) is 0 Å². The molecule has 0 radical (unpaired) electrons. The second-order valence-electron chi connectivity index (χ2n) is 8.57. The van der Waals surface area contributed by atoms with Crippen LogP contribution in [0.2, 0.25) is 0 Å². The van der Waals surface area contributed by atoms with E-state index >= 15 is 0 Å². The topological polar surface area (TPSA) is 18.5 Å². The zero-order chi connectivity index (χ0) is 28.2. The minimum absolute atomic E-state index is 0.00952. The minimum atomic E-state index is -4.13. The second kappa shape index (κ2) is 11.6. The molecule has 0 saturated carbocycles. The lowest BCUT2D eigenvalue weighted by Gasteiger charge is -2.20. The molecule has 9 heteroatoms. The third-order valence-electron chi connectivity index (χ3n) is 5.81. The van der Waals surface area contributed by atoms with Crippen LogP contribution in [0.4, 0.5) is 30.7 Å². The molecule has 0 amide bonds. The maximum absolute atomic E-state index is 14.9. The lowest BCUT2D eigenvalue weighted by atomic mass is 10.0. The molecule has 4 rings (SSSR count). The maximum Gasteiger partial charge on any atom is 0.429 e. The van der Waals surface area contributed by atoms with Gasteiger partial charge in [0.15, 0.2) is 17.8 Å². The van der Waals surface area contributed by atoms with E-state index in [0.717, 1.165) is 54.8 Å². The predicted octanol–water partition coefficient (Wildman–Crippen LogP) is 9.64. The van der Waals surface area contributed by atoms with Crippen molar-refractivity contribution < 1.29 is 40.2 Å². The molecule has 0 heterocycles. The zero-order valence-corrected chi connectivity index (χ0v) is 20.5. The lowest BCUT2D eigenvalue weighted by molar-refractivity contribution is -0.187. The molecular weight excluding hydrogens is 525 g/mol. The van der Waals surface area contributed by atoms with Gasteiger partial charge < -0.3 is 9.47 Å². The molecule has 0 atom stereocenters. The van der Waals surface area contributed by atoms with Crippen LogP contribution in [0.25, 0.3) is 22.3 Å². The van der Waals surface area contributed by atoms with Crippen LogP contribution in [0.5, 0.6) is 11.5 Å². The normalized spacial score (nSPS) is 11.3. The van der Waals surface area contributed by atoms with Crippen LogP contribution in [0.1, 0.15) is 24.5 Å². The van der Waals surface area contributed by atoms with E-state index in [9.17, 15) is 30.7 Å². The fraction of sp³-hybridized carbons (Fsp3) is 0.133. The highest BCUT2D eigenvalue weighted by Crippen LogP contribution is 2.37. The van der Waals surface area contributed by atoms with Crippen LogP contribution in [-0.4, -0.2) is 0 Å². The van der Waals surface area contributed by atoms with E-state index < -0.39 is 46.7 Å². The number of rotatable bonds is 9. The van der Waals surface area contributed by atoms with Gasteiger partial charge in [-0.2, -0.15) is 17.6 Å². The van der Waals surface area contributed by atoms with Crippen molar-refractivity contribution >= 4 is 0 Å². The molecule has 0 unspecified atom stereocenters. The van der Waals surface area contributed by atoms with Crippen LogP contribution < -0.4 is 9.47 Å². The monoisotopic (exact) mass is 546 g/mol. The summed E-state index contributed by atoms with van der Waals surface area (Å²) in [5.41, 5.74) is 0.947. The standard InChI is InChI=1S/C30H21F7O2/c1-2-3-18-4-6-19(7-5-18)20-8-12-24(26(32)14-20)30(36,37)39-22-10-11-23(25(31)16-22)21-9-13-28(27(33)15-21)38-17-29(34)35/h4-17H,2-3H2,1H3. The molecule has 0 bridgehead atoms. The van der Waals surface area contributed by atoms with Gasteiger partial charge >= 0.3 is 12.2 Å². The average Bonchev–Trinajstić information content (AvgIpc) is 2.88. The number of hydrogen-bond acceptors (Lipinski definition) is 2. The summed E-state index contributed by atoms with van der Waals surface area (Å²) in [4.78, 5) is 0. The Labute approximate surface area is 219 Å². The Morgan fingerprint density at radius 1 is 0.744 bits per heavy atom. The molecule has 4 aromatic rings. The third-order valence-corrected chi connectivity index (χ3v) is 5.81. The molecule has 39 heavy (non-hydrogen) atoms. The first kappa shape index (κ1) is 27.8. The molecule has 0 saturated heterocycles. The first-order valence-electron chi connectivity index (χ1n) is 11.8. The van der Waals surface area contributed by atoms with Gasteiger partial charge in [-0.05, 0) is 65.1 Å². The van der Waals surface area contributed by atoms with E-state index in [0.29, 0.717) is 17.2 Å². The molecule has 0 N–H and O–H groups in total. The lowest BCUT2D eigenvalue weighted by Crippen LogP contribution is -2.23. The van der Waals surface area contributed by atoms with Crippen LogP contribution in [0, 0.1) is 17.5 Å². The van der Waals surface area contributed by atoms with E-state index in [1.807, 2.05) is 19.1 Å². The van der Waals surface area contributed by atoms with Gasteiger partial charge in [-0.1, -0.05) is 49.7 Å². The van der Waals surface area contributed by atoms with Crippen molar-refractivity contribution in [3.8, 4) is 33.8 Å². The second-order valence-corrected chi connectivity index (χ2v) is 8.57. The van der Waals surface area contributed by atoms with Crippen LogP contribution in [-0.2, 0) is 12.5 Å². The Balaban J connectivity index is 1.52. The number of aryl methyl sites for hydroxylation is 1. The minimum Gasteiger partial charge on any atom is -0.456 e. The Morgan fingerprint density at radius 2 is 1.41 bits per heavy atom. The van der Waals surface area contributed by atoms with Gasteiger partial charge in [-0.25, -0.2) is 13.2 Å². The summed E-state index contributed by atoms with van der Waals surface area (Å²) in [5, 5.41) is 0.